The van der Waals surface area contributed by atoms with E-state index in [9.17, 15) is 4.79 Å². The van der Waals surface area contributed by atoms with Gasteiger partial charge in [-0.2, -0.15) is 5.26 Å². The number of likely N-dealkylation sites (tertiary alicyclic amines) is 1. The van der Waals surface area contributed by atoms with E-state index in [1.807, 2.05) is 26.0 Å². The first kappa shape index (κ1) is 18.0. The maximum atomic E-state index is 11.9. The van der Waals surface area contributed by atoms with Gasteiger partial charge in [0.2, 0.25) is 0 Å². The van der Waals surface area contributed by atoms with Gasteiger partial charge in [-0.05, 0) is 32.3 Å². The van der Waals surface area contributed by atoms with Crippen molar-refractivity contribution in [2.75, 3.05) is 13.1 Å². The summed E-state index contributed by atoms with van der Waals surface area (Å²) in [6, 6.07) is 12.8. The molecule has 5 nitrogen and oxygen atoms in total. The lowest BCUT2D eigenvalue weighted by atomic mass is 10.0. The molecule has 1 aliphatic heterocycles. The van der Waals surface area contributed by atoms with Crippen LogP contribution in [-0.4, -0.2) is 36.0 Å². The number of amides is 1. The number of benzene rings is 1. The van der Waals surface area contributed by atoms with Crippen molar-refractivity contribution in [1.29, 1.82) is 5.26 Å². The Morgan fingerprint density at radius 1 is 1.33 bits per heavy atom. The zero-order chi connectivity index (χ0) is 17.4. The van der Waals surface area contributed by atoms with Crippen LogP contribution in [0.15, 0.2) is 42.1 Å². The van der Waals surface area contributed by atoms with Crippen LogP contribution >= 0.6 is 0 Å². The second kappa shape index (κ2) is 9.09. The number of nitriles is 1. The van der Waals surface area contributed by atoms with E-state index in [4.69, 9.17) is 5.26 Å². The number of nitrogens with zero attached hydrogens (tertiary/aromatic N) is 2. The highest BCUT2D eigenvalue weighted by Gasteiger charge is 2.19. The van der Waals surface area contributed by atoms with Crippen LogP contribution in [-0.2, 0) is 11.3 Å². The number of carbonyl (C=O) groups is 1. The molecule has 5 heteroatoms. The highest BCUT2D eigenvalue weighted by atomic mass is 16.1. The molecule has 1 fully saturated rings. The first-order chi connectivity index (χ1) is 11.6. The van der Waals surface area contributed by atoms with Crippen LogP contribution in [0.5, 0.6) is 0 Å². The van der Waals surface area contributed by atoms with E-state index in [1.54, 1.807) is 6.20 Å². The molecule has 2 rings (SSSR count). The van der Waals surface area contributed by atoms with E-state index in [0.717, 1.165) is 32.5 Å². The zero-order valence-corrected chi connectivity index (χ0v) is 14.5. The lowest BCUT2D eigenvalue weighted by molar-refractivity contribution is -0.117. The molecule has 24 heavy (non-hydrogen) atoms. The Morgan fingerprint density at radius 3 is 2.58 bits per heavy atom. The minimum absolute atomic E-state index is 0.0236. The third-order valence-corrected chi connectivity index (χ3v) is 4.08. The van der Waals surface area contributed by atoms with E-state index < -0.39 is 0 Å². The number of rotatable bonds is 6. The highest BCUT2D eigenvalue weighted by Crippen LogP contribution is 2.14. The minimum Gasteiger partial charge on any atom is -0.387 e. The lowest BCUT2D eigenvalue weighted by Crippen LogP contribution is -2.41. The monoisotopic (exact) mass is 326 g/mol. The van der Waals surface area contributed by atoms with Crippen molar-refractivity contribution in [3.8, 4) is 6.07 Å². The van der Waals surface area contributed by atoms with E-state index in [-0.39, 0.29) is 17.5 Å². The first-order valence-corrected chi connectivity index (χ1v) is 8.52. The predicted octanol–water partition coefficient (Wildman–Crippen LogP) is 2.17. The van der Waals surface area contributed by atoms with Crippen LogP contribution in [0.25, 0.3) is 0 Å². The summed E-state index contributed by atoms with van der Waals surface area (Å²) in [5, 5.41) is 15.1. The van der Waals surface area contributed by atoms with Gasteiger partial charge >= 0.3 is 0 Å². The molecule has 0 atom stereocenters. The first-order valence-electron chi connectivity index (χ1n) is 8.52. The SMILES string of the molecule is CC(C)NC(=O)/C(C#N)=C\NC1CCN(Cc2ccccc2)CC1. The second-order valence-corrected chi connectivity index (χ2v) is 6.50. The van der Waals surface area contributed by atoms with Crippen molar-refractivity contribution in [3.63, 3.8) is 0 Å². The third-order valence-electron chi connectivity index (χ3n) is 4.08. The summed E-state index contributed by atoms with van der Waals surface area (Å²) in [6.07, 6.45) is 3.58. The Kier molecular flexibility index (Phi) is 6.83. The van der Waals surface area contributed by atoms with Crippen molar-refractivity contribution in [1.82, 2.24) is 15.5 Å². The molecule has 0 aliphatic carbocycles. The summed E-state index contributed by atoms with van der Waals surface area (Å²) in [6.45, 7) is 6.76. The van der Waals surface area contributed by atoms with Crippen LogP contribution in [0.4, 0.5) is 0 Å². The van der Waals surface area contributed by atoms with E-state index in [2.05, 4.69) is 39.8 Å². The van der Waals surface area contributed by atoms with Crippen molar-refractivity contribution >= 4 is 5.91 Å². The van der Waals surface area contributed by atoms with Crippen LogP contribution < -0.4 is 10.6 Å². The standard InChI is InChI=1S/C19H26N4O/c1-15(2)22-19(24)17(12-20)13-21-18-8-10-23(11-9-18)14-16-6-4-3-5-7-16/h3-7,13,15,18,21H,8-11,14H2,1-2H3,(H,22,24)/b17-13-. The van der Waals surface area contributed by atoms with Crippen molar-refractivity contribution < 1.29 is 4.79 Å². The number of hydrogen-bond donors (Lipinski definition) is 2. The van der Waals surface area contributed by atoms with Crippen molar-refractivity contribution in [3.05, 3.63) is 47.7 Å². The molecule has 0 radical (unpaired) electrons. The summed E-state index contributed by atoms with van der Waals surface area (Å²) in [7, 11) is 0. The molecule has 0 spiro atoms. The molecule has 1 aliphatic rings. The number of carbonyl (C=O) groups excluding carboxylic acids is 1. The van der Waals surface area contributed by atoms with Gasteiger partial charge in [0.05, 0.1) is 0 Å². The summed E-state index contributed by atoms with van der Waals surface area (Å²) >= 11 is 0. The van der Waals surface area contributed by atoms with Gasteiger partial charge in [-0.3, -0.25) is 9.69 Å². The summed E-state index contributed by atoms with van der Waals surface area (Å²) in [5.41, 5.74) is 1.47. The average Bonchev–Trinajstić information content (AvgIpc) is 2.57. The smallest absolute Gasteiger partial charge is 0.263 e. The summed E-state index contributed by atoms with van der Waals surface area (Å²) < 4.78 is 0. The molecule has 1 heterocycles. The molecule has 0 unspecified atom stereocenters. The number of piperidine rings is 1. The van der Waals surface area contributed by atoms with Gasteiger partial charge in [-0.1, -0.05) is 30.3 Å². The normalized spacial score (nSPS) is 16.7. The Morgan fingerprint density at radius 2 is 2.00 bits per heavy atom. The molecule has 0 aromatic heterocycles. The van der Waals surface area contributed by atoms with Crippen molar-refractivity contribution in [2.24, 2.45) is 0 Å². The van der Waals surface area contributed by atoms with Gasteiger partial charge < -0.3 is 10.6 Å². The topological polar surface area (TPSA) is 68.2 Å². The predicted molar refractivity (Wildman–Crippen MR) is 94.9 cm³/mol. The second-order valence-electron chi connectivity index (χ2n) is 6.50. The Labute approximate surface area is 144 Å². The molecule has 2 N–H and O–H groups in total. The number of nitrogens with one attached hydrogen (secondary N) is 2. The fourth-order valence-electron chi connectivity index (χ4n) is 2.79. The Hall–Kier alpha value is -2.32. The molecule has 1 aromatic carbocycles. The van der Waals surface area contributed by atoms with Gasteiger partial charge in [0.15, 0.2) is 0 Å². The van der Waals surface area contributed by atoms with Gasteiger partial charge in [0.25, 0.3) is 5.91 Å². The molecule has 1 saturated heterocycles. The van der Waals surface area contributed by atoms with Crippen LogP contribution in [0.1, 0.15) is 32.3 Å². The zero-order valence-electron chi connectivity index (χ0n) is 14.5. The summed E-state index contributed by atoms with van der Waals surface area (Å²) in [5.74, 6) is -0.318. The Bertz CT molecular complexity index is 596. The molecule has 0 saturated carbocycles. The largest absolute Gasteiger partial charge is 0.387 e. The van der Waals surface area contributed by atoms with Gasteiger partial charge in [-0.15, -0.1) is 0 Å². The summed E-state index contributed by atoms with van der Waals surface area (Å²) in [4.78, 5) is 14.3. The average molecular weight is 326 g/mol. The highest BCUT2D eigenvalue weighted by molar-refractivity contribution is 5.97. The quantitative estimate of drug-likeness (QED) is 0.621. The number of hydrogen-bond acceptors (Lipinski definition) is 4. The van der Waals surface area contributed by atoms with Crippen LogP contribution in [0.3, 0.4) is 0 Å². The fourth-order valence-corrected chi connectivity index (χ4v) is 2.79. The van der Waals surface area contributed by atoms with E-state index >= 15 is 0 Å². The van der Waals surface area contributed by atoms with E-state index in [0.29, 0.717) is 6.04 Å². The molecule has 1 aromatic rings. The minimum atomic E-state index is -0.318. The molecule has 128 valence electrons. The Balaban J connectivity index is 1.79. The van der Waals surface area contributed by atoms with Gasteiger partial charge in [-0.25, -0.2) is 0 Å². The van der Waals surface area contributed by atoms with Crippen molar-refractivity contribution in [2.45, 2.75) is 45.3 Å². The molecular weight excluding hydrogens is 300 g/mol. The van der Waals surface area contributed by atoms with Gasteiger partial charge in [0.1, 0.15) is 11.6 Å². The van der Waals surface area contributed by atoms with Crippen LogP contribution in [0, 0.1) is 11.3 Å². The van der Waals surface area contributed by atoms with Crippen LogP contribution in [0.2, 0.25) is 0 Å². The third kappa shape index (κ3) is 5.71. The molecule has 0 bridgehead atoms. The fraction of sp³-hybridized carbons (Fsp3) is 0.474. The molecular formula is C19H26N4O. The maximum absolute atomic E-state index is 11.9. The maximum Gasteiger partial charge on any atom is 0.263 e. The van der Waals surface area contributed by atoms with E-state index in [1.165, 1.54) is 5.56 Å². The van der Waals surface area contributed by atoms with Gasteiger partial charge in [0, 0.05) is 37.9 Å². The lowest BCUT2D eigenvalue weighted by Gasteiger charge is -2.32. The molecule has 1 amide bonds.